The van der Waals surface area contributed by atoms with Gasteiger partial charge in [-0.3, -0.25) is 0 Å². The Labute approximate surface area is 300 Å². The highest BCUT2D eigenvalue weighted by atomic mass is 35.6. The summed E-state index contributed by atoms with van der Waals surface area (Å²) in [4.78, 5) is 37.3. The lowest BCUT2D eigenvalue weighted by Gasteiger charge is -2.36. The highest BCUT2D eigenvalue weighted by molar-refractivity contribution is 8.06. The lowest BCUT2D eigenvalue weighted by molar-refractivity contribution is -0.105. The highest BCUT2D eigenvalue weighted by Gasteiger charge is 2.50. The van der Waals surface area contributed by atoms with Gasteiger partial charge in [-0.2, -0.15) is 0 Å². The number of benzene rings is 1. The first-order chi connectivity index (χ1) is 20.6. The molecule has 0 fully saturated rings. The van der Waals surface area contributed by atoms with Gasteiger partial charge >= 0.3 is 18.5 Å². The summed E-state index contributed by atoms with van der Waals surface area (Å²) in [6.45, 7) is -2.53. The van der Waals surface area contributed by atoms with Gasteiger partial charge in [0.05, 0.1) is 10.8 Å². The summed E-state index contributed by atoms with van der Waals surface area (Å²) in [7, 11) is -4.65. The monoisotopic (exact) mass is 835 g/mol. The molecule has 0 heterocycles. The van der Waals surface area contributed by atoms with E-state index in [-0.39, 0.29) is 4.90 Å². The Morgan fingerprint density at radius 2 is 1.11 bits per heavy atom. The van der Waals surface area contributed by atoms with Crippen molar-refractivity contribution in [2.45, 2.75) is 34.6 Å². The van der Waals surface area contributed by atoms with Crippen molar-refractivity contribution in [1.82, 2.24) is 0 Å². The van der Waals surface area contributed by atoms with E-state index in [1.54, 1.807) is 0 Å². The predicted molar refractivity (Wildman–Crippen MR) is 165 cm³/mol. The van der Waals surface area contributed by atoms with E-state index in [9.17, 15) is 28.0 Å². The fourth-order valence-corrected chi connectivity index (χ4v) is 5.25. The number of halogens is 9. The fourth-order valence-electron chi connectivity index (χ4n) is 3.32. The molecule has 1 aliphatic carbocycles. The largest absolute Gasteiger partial charge is 0.509 e. The van der Waals surface area contributed by atoms with E-state index in [1.807, 2.05) is 0 Å². The molecule has 1 N–H and O–H groups in total. The molecule has 0 radical (unpaired) electrons. The van der Waals surface area contributed by atoms with Gasteiger partial charge in [-0.25, -0.2) is 22.8 Å². The highest BCUT2D eigenvalue weighted by Crippen LogP contribution is 2.34. The topological polar surface area (TPSA) is 173 Å². The van der Waals surface area contributed by atoms with Crippen molar-refractivity contribution in [3.63, 3.8) is 0 Å². The minimum absolute atomic E-state index is 0.350. The second kappa shape index (κ2) is 16.8. The molecule has 4 atom stereocenters. The minimum Gasteiger partial charge on any atom is -0.430 e. The molecule has 0 amide bonds. The first kappa shape index (κ1) is 40.0. The standard InChI is InChI=1S/C22H18Cl9NO12S/c23-20(24,25)8-39-17(33)42-13-7-6-12(16(32-36)45(37,38)11-4-2-1-3-5-11)14(43-18(34)40-9-21(26,27)28)15(13)44-19(35)41-10-22(29,30)31/h1-7,12-15,36H,8-10H2/b32-16-/t12-,13-,14+,15+/m1/s1. The maximum atomic E-state index is 13.5. The van der Waals surface area contributed by atoms with Crippen LogP contribution in [0.1, 0.15) is 0 Å². The average molecular weight is 840 g/mol. The first-order valence-electron chi connectivity index (χ1n) is 11.5. The third-order valence-corrected chi connectivity index (χ3v) is 7.76. The third kappa shape index (κ3) is 13.8. The van der Waals surface area contributed by atoms with E-state index in [0.29, 0.717) is 0 Å². The molecule has 0 aliphatic heterocycles. The second-order valence-electron chi connectivity index (χ2n) is 8.37. The van der Waals surface area contributed by atoms with Crippen molar-refractivity contribution < 1.29 is 56.4 Å². The van der Waals surface area contributed by atoms with Gasteiger partial charge in [0.1, 0.15) is 19.8 Å². The van der Waals surface area contributed by atoms with Crippen LogP contribution in [0.5, 0.6) is 0 Å². The maximum absolute atomic E-state index is 13.5. The van der Waals surface area contributed by atoms with Crippen molar-refractivity contribution in [2.24, 2.45) is 11.1 Å². The predicted octanol–water partition coefficient (Wildman–Crippen LogP) is 7.11. The molecular weight excluding hydrogens is 821 g/mol. The van der Waals surface area contributed by atoms with Crippen molar-refractivity contribution in [2.75, 3.05) is 19.8 Å². The van der Waals surface area contributed by atoms with Crippen LogP contribution in [0.25, 0.3) is 0 Å². The number of carbonyl (C=O) groups is 3. The lowest BCUT2D eigenvalue weighted by atomic mass is 9.88. The average Bonchev–Trinajstić information content (AvgIpc) is 2.92. The molecule has 13 nitrogen and oxygen atoms in total. The quantitative estimate of drug-likeness (QED) is 0.0412. The summed E-state index contributed by atoms with van der Waals surface area (Å²) in [5.74, 6) is -1.77. The molecule has 252 valence electrons. The van der Waals surface area contributed by atoms with Crippen LogP contribution in [0.4, 0.5) is 14.4 Å². The van der Waals surface area contributed by atoms with E-state index in [1.165, 1.54) is 30.3 Å². The molecule has 0 saturated heterocycles. The Bertz CT molecular complexity index is 1360. The van der Waals surface area contributed by atoms with Gasteiger partial charge in [0.15, 0.2) is 23.4 Å². The number of rotatable bonds is 8. The van der Waals surface area contributed by atoms with Gasteiger partial charge in [0.2, 0.25) is 21.2 Å². The Morgan fingerprint density at radius 1 is 0.689 bits per heavy atom. The zero-order valence-electron chi connectivity index (χ0n) is 21.7. The third-order valence-electron chi connectivity index (χ3n) is 4.98. The fraction of sp³-hybridized carbons (Fsp3) is 0.455. The second-order valence-corrected chi connectivity index (χ2v) is 17.8. The van der Waals surface area contributed by atoms with E-state index in [2.05, 4.69) is 5.16 Å². The van der Waals surface area contributed by atoms with Crippen LogP contribution in [0.2, 0.25) is 0 Å². The summed E-state index contributed by atoms with van der Waals surface area (Å²) in [6.07, 6.45) is -8.56. The smallest absolute Gasteiger partial charge is 0.430 e. The van der Waals surface area contributed by atoms with Gasteiger partial charge in [0, 0.05) is 0 Å². The lowest BCUT2D eigenvalue weighted by Crippen LogP contribution is -2.53. The van der Waals surface area contributed by atoms with E-state index < -0.39 is 88.8 Å². The van der Waals surface area contributed by atoms with Gasteiger partial charge in [-0.05, 0) is 18.2 Å². The maximum Gasteiger partial charge on any atom is 0.509 e. The van der Waals surface area contributed by atoms with Crippen LogP contribution in [-0.4, -0.2) is 86.6 Å². The van der Waals surface area contributed by atoms with Crippen LogP contribution in [-0.2, 0) is 38.3 Å². The Kier molecular flexibility index (Phi) is 14.9. The van der Waals surface area contributed by atoms with Crippen molar-refractivity contribution in [1.29, 1.82) is 0 Å². The number of nitrogens with zero attached hydrogens (tertiary/aromatic N) is 1. The zero-order valence-corrected chi connectivity index (χ0v) is 29.3. The van der Waals surface area contributed by atoms with Crippen LogP contribution in [0, 0.1) is 5.92 Å². The van der Waals surface area contributed by atoms with E-state index in [4.69, 9.17) is 133 Å². The van der Waals surface area contributed by atoms with Crippen LogP contribution >= 0.6 is 104 Å². The molecule has 0 saturated carbocycles. The number of hydrogen-bond donors (Lipinski definition) is 1. The Morgan fingerprint density at radius 3 is 1.53 bits per heavy atom. The Balaban J connectivity index is 2.59. The molecule has 2 rings (SSSR count). The summed E-state index contributed by atoms with van der Waals surface area (Å²) >= 11 is 50.3. The molecule has 23 heteroatoms. The van der Waals surface area contributed by atoms with Gasteiger partial charge < -0.3 is 33.6 Å². The normalized spacial score (nSPS) is 21.0. The minimum atomic E-state index is -4.65. The number of ether oxygens (including phenoxy) is 6. The molecule has 0 aromatic heterocycles. The summed E-state index contributed by atoms with van der Waals surface area (Å²) < 4.78 is 50.4. The molecule has 45 heavy (non-hydrogen) atoms. The molecule has 0 spiro atoms. The van der Waals surface area contributed by atoms with Crippen molar-refractivity contribution in [3.8, 4) is 0 Å². The van der Waals surface area contributed by atoms with Crippen molar-refractivity contribution >= 4 is 138 Å². The van der Waals surface area contributed by atoms with Gasteiger partial charge in [0.25, 0.3) is 0 Å². The van der Waals surface area contributed by atoms with E-state index >= 15 is 0 Å². The summed E-state index contributed by atoms with van der Waals surface area (Å²) in [5, 5.41) is 11.8. The molecule has 0 unspecified atom stereocenters. The Hall–Kier alpha value is -1.20. The number of carbonyl (C=O) groups excluding carboxylic acids is 3. The van der Waals surface area contributed by atoms with E-state index in [0.717, 1.165) is 12.2 Å². The molecule has 1 aromatic rings. The SMILES string of the molecule is O=C(OCC(Cl)(Cl)Cl)O[C@@H]1[C@@H](OC(=O)OCC(Cl)(Cl)Cl)[C@H](/C(=N/O)S(=O)(=O)c2ccccc2)C=C[C@H]1OC(=O)OCC(Cl)(Cl)Cl. The number of hydrogen-bond acceptors (Lipinski definition) is 13. The van der Waals surface area contributed by atoms with Crippen molar-refractivity contribution in [3.05, 3.63) is 42.5 Å². The van der Waals surface area contributed by atoms with Gasteiger partial charge in [-0.1, -0.05) is 134 Å². The van der Waals surface area contributed by atoms with Crippen LogP contribution in [0.15, 0.2) is 52.5 Å². The number of sulfone groups is 1. The van der Waals surface area contributed by atoms with Crippen LogP contribution < -0.4 is 0 Å². The number of oxime groups is 1. The zero-order chi connectivity index (χ0) is 34.2. The molecule has 1 aromatic carbocycles. The molecule has 1 aliphatic rings. The first-order valence-corrected chi connectivity index (χ1v) is 16.4. The number of alkyl halides is 9. The van der Waals surface area contributed by atoms with Gasteiger partial charge in [-0.15, -0.1) is 0 Å². The van der Waals surface area contributed by atoms with Crippen LogP contribution in [0.3, 0.4) is 0 Å². The summed E-state index contributed by atoms with van der Waals surface area (Å²) in [6, 6.07) is 6.61. The molecule has 0 bridgehead atoms. The molecular formula is C22H18Cl9NO12S. The summed E-state index contributed by atoms with van der Waals surface area (Å²) in [5.41, 5.74) is 0.